The molecule has 0 atom stereocenters. The fourth-order valence-electron chi connectivity index (χ4n) is 3.39. The maximum Gasteiger partial charge on any atom is 0.268 e. The number of H-pyrrole nitrogens is 1. The van der Waals surface area contributed by atoms with Crippen LogP contribution < -0.4 is 10.5 Å². The van der Waals surface area contributed by atoms with E-state index in [0.29, 0.717) is 42.7 Å². The minimum absolute atomic E-state index is 0.0611. The second-order valence-electron chi connectivity index (χ2n) is 7.03. The van der Waals surface area contributed by atoms with Crippen LogP contribution in [0.3, 0.4) is 0 Å². The molecule has 1 N–H and O–H groups in total. The second kappa shape index (κ2) is 6.51. The molecule has 2 aromatic rings. The third-order valence-corrected chi connectivity index (χ3v) is 4.64. The van der Waals surface area contributed by atoms with E-state index in [1.807, 2.05) is 30.9 Å². The predicted molar refractivity (Wildman–Crippen MR) is 103 cm³/mol. The van der Waals surface area contributed by atoms with Gasteiger partial charge >= 0.3 is 0 Å². The Bertz CT molecular complexity index is 938. The smallest absolute Gasteiger partial charge is 0.268 e. The highest BCUT2D eigenvalue weighted by atomic mass is 16.5. The molecule has 0 spiro atoms. The Morgan fingerprint density at radius 1 is 1.35 bits per heavy atom. The number of nitrogens with zero attached hydrogens (tertiary/aromatic N) is 3. The number of aromatic nitrogens is 2. The van der Waals surface area contributed by atoms with Crippen LogP contribution in [-0.4, -0.2) is 57.5 Å². The zero-order valence-corrected chi connectivity index (χ0v) is 14.9. The summed E-state index contributed by atoms with van der Waals surface area (Å²) in [6.45, 7) is 4.87. The Kier molecular flexibility index (Phi) is 4.66. The molecule has 1 saturated heterocycles. The number of hydrogen-bond acceptors (Lipinski definition) is 5. The van der Waals surface area contributed by atoms with Gasteiger partial charge in [-0.2, -0.15) is 5.26 Å². The largest absolute Gasteiger partial charge is 0.397 e. The van der Waals surface area contributed by atoms with E-state index in [0.717, 1.165) is 5.69 Å². The number of rotatable bonds is 3. The molecule has 6 nitrogen and oxygen atoms in total. The van der Waals surface area contributed by atoms with Crippen molar-refractivity contribution in [1.29, 1.82) is 5.26 Å². The molecule has 1 aliphatic rings. The summed E-state index contributed by atoms with van der Waals surface area (Å²) >= 11 is 0. The normalized spacial score (nSPS) is 17.2. The number of aromatic amines is 1. The molecule has 3 rings (SSSR count). The van der Waals surface area contributed by atoms with Crippen LogP contribution in [0, 0.1) is 18.3 Å². The van der Waals surface area contributed by atoms with Gasteiger partial charge in [0.25, 0.3) is 5.56 Å². The van der Waals surface area contributed by atoms with E-state index in [9.17, 15) is 10.1 Å². The number of piperidine rings is 1. The van der Waals surface area contributed by atoms with Crippen molar-refractivity contribution >= 4 is 40.3 Å². The number of aryl methyl sites for hydroxylation is 1. The third kappa shape index (κ3) is 3.66. The first-order valence-corrected chi connectivity index (χ1v) is 8.37. The minimum atomic E-state index is -1.70. The lowest BCUT2D eigenvalue weighted by atomic mass is 9.52. The van der Waals surface area contributed by atoms with Crippen LogP contribution in [-0.2, 0) is 4.74 Å². The van der Waals surface area contributed by atoms with Gasteiger partial charge in [-0.15, -0.1) is 0 Å². The van der Waals surface area contributed by atoms with Gasteiger partial charge in [-0.3, -0.25) is 4.79 Å². The van der Waals surface area contributed by atoms with E-state index in [2.05, 4.69) is 9.97 Å². The summed E-state index contributed by atoms with van der Waals surface area (Å²) in [6, 6.07) is 5.63. The molecule has 0 bridgehead atoms. The number of pyridine rings is 2. The summed E-state index contributed by atoms with van der Waals surface area (Å²) in [5.74, 6) is 0. The number of ether oxygens (including phenoxy) is 1. The van der Waals surface area contributed by atoms with Gasteiger partial charge in [0.05, 0.1) is 40.3 Å². The quantitative estimate of drug-likeness (QED) is 0.827. The lowest BCUT2D eigenvalue weighted by Crippen LogP contribution is -2.51. The number of fused-ring (bicyclic) bond motifs is 1. The summed E-state index contributed by atoms with van der Waals surface area (Å²) in [5.41, 5.74) is 1.62. The molecule has 126 valence electrons. The lowest BCUT2D eigenvalue weighted by Gasteiger charge is -2.44. The van der Waals surface area contributed by atoms with E-state index >= 15 is 0 Å². The molecule has 0 aromatic carbocycles. The predicted octanol–water partition coefficient (Wildman–Crippen LogP) is 0.595. The standard InChI is InChI=1S/C17H17B3N4O2/c1-10-3-4-12-13(22-10)14(11(9-21)15(25)23-12)24-7-5-16(2,6-8-24)26-17(18,19)20/h3-4H,5-8H2,1-2H3,(H,23,25). The first kappa shape index (κ1) is 18.6. The van der Waals surface area contributed by atoms with E-state index < -0.39 is 16.5 Å². The first-order chi connectivity index (χ1) is 12.1. The van der Waals surface area contributed by atoms with Crippen LogP contribution in [0.4, 0.5) is 5.69 Å². The van der Waals surface area contributed by atoms with Gasteiger partial charge in [0.2, 0.25) is 0 Å². The first-order valence-electron chi connectivity index (χ1n) is 8.37. The van der Waals surface area contributed by atoms with E-state index in [-0.39, 0.29) is 5.56 Å². The number of nitriles is 1. The lowest BCUT2D eigenvalue weighted by molar-refractivity contribution is -0.0541. The molecule has 2 aromatic heterocycles. The number of nitrogens with one attached hydrogen (secondary N) is 1. The fourth-order valence-corrected chi connectivity index (χ4v) is 3.39. The highest BCUT2D eigenvalue weighted by Gasteiger charge is 2.35. The molecule has 0 unspecified atom stereocenters. The topological polar surface area (TPSA) is 82.0 Å². The van der Waals surface area contributed by atoms with Crippen LogP contribution in [0.25, 0.3) is 11.0 Å². The average Bonchev–Trinajstić information content (AvgIpc) is 2.53. The SMILES string of the molecule is [B]C([B])([B])OC1(C)CCN(c2c(C#N)c(=O)[nH]c3ccc(C)nc23)CC1. The molecule has 6 radical (unpaired) electrons. The second-order valence-corrected chi connectivity index (χ2v) is 7.03. The van der Waals surface area contributed by atoms with Crippen molar-refractivity contribution in [3.63, 3.8) is 0 Å². The molecule has 9 heteroatoms. The van der Waals surface area contributed by atoms with Crippen molar-refractivity contribution in [3.8, 4) is 6.07 Å². The molecule has 3 heterocycles. The fraction of sp³-hybridized carbons (Fsp3) is 0.471. The van der Waals surface area contributed by atoms with Crippen LogP contribution in [0.15, 0.2) is 16.9 Å². The van der Waals surface area contributed by atoms with Crippen molar-refractivity contribution in [2.24, 2.45) is 0 Å². The molecular weight excluding hydrogens is 325 g/mol. The van der Waals surface area contributed by atoms with E-state index in [1.54, 1.807) is 6.07 Å². The third-order valence-electron chi connectivity index (χ3n) is 4.64. The maximum atomic E-state index is 12.3. The minimum Gasteiger partial charge on any atom is -0.397 e. The Labute approximate surface area is 156 Å². The van der Waals surface area contributed by atoms with Crippen LogP contribution in [0.5, 0.6) is 0 Å². The van der Waals surface area contributed by atoms with Crippen molar-refractivity contribution < 1.29 is 4.74 Å². The zero-order valence-electron chi connectivity index (χ0n) is 14.9. The summed E-state index contributed by atoms with van der Waals surface area (Å²) in [7, 11) is 16.7. The Morgan fingerprint density at radius 3 is 2.58 bits per heavy atom. The summed E-state index contributed by atoms with van der Waals surface area (Å²) < 4.78 is 5.60. The van der Waals surface area contributed by atoms with Gasteiger partial charge in [0.1, 0.15) is 17.1 Å². The molecule has 0 aliphatic carbocycles. The van der Waals surface area contributed by atoms with E-state index in [1.165, 1.54) is 0 Å². The molecular formula is C17H17B3N4O2. The summed E-state index contributed by atoms with van der Waals surface area (Å²) in [6.07, 6.45) is 1.18. The summed E-state index contributed by atoms with van der Waals surface area (Å²) in [4.78, 5) is 21.6. The highest BCUT2D eigenvalue weighted by Crippen LogP contribution is 2.34. The van der Waals surface area contributed by atoms with Crippen LogP contribution in [0.2, 0.25) is 0 Å². The van der Waals surface area contributed by atoms with Gasteiger partial charge in [-0.25, -0.2) is 4.98 Å². The average molecular weight is 342 g/mol. The number of anilines is 1. The van der Waals surface area contributed by atoms with Crippen LogP contribution >= 0.6 is 0 Å². The number of hydrogen-bond donors (Lipinski definition) is 1. The van der Waals surface area contributed by atoms with Crippen molar-refractivity contribution in [1.82, 2.24) is 9.97 Å². The Hall–Kier alpha value is -2.20. The van der Waals surface area contributed by atoms with Crippen molar-refractivity contribution in [3.05, 3.63) is 33.7 Å². The van der Waals surface area contributed by atoms with Gasteiger partial charge in [0, 0.05) is 18.8 Å². The van der Waals surface area contributed by atoms with Crippen molar-refractivity contribution in [2.75, 3.05) is 18.0 Å². The molecule has 0 amide bonds. The molecule has 0 saturated carbocycles. The summed E-state index contributed by atoms with van der Waals surface area (Å²) in [5, 5.41) is 7.81. The Balaban J connectivity index is 2.00. The maximum absolute atomic E-state index is 12.3. The molecule has 1 aliphatic heterocycles. The van der Waals surface area contributed by atoms with Gasteiger partial charge in [-0.05, 0) is 44.1 Å². The Morgan fingerprint density at radius 2 is 2.00 bits per heavy atom. The monoisotopic (exact) mass is 342 g/mol. The zero-order chi connectivity index (χ0) is 19.1. The van der Waals surface area contributed by atoms with Crippen LogP contribution in [0.1, 0.15) is 31.0 Å². The van der Waals surface area contributed by atoms with Crippen molar-refractivity contribution in [2.45, 2.75) is 37.6 Å². The molecule has 26 heavy (non-hydrogen) atoms. The van der Waals surface area contributed by atoms with E-state index in [4.69, 9.17) is 28.3 Å². The van der Waals surface area contributed by atoms with Gasteiger partial charge < -0.3 is 14.6 Å². The highest BCUT2D eigenvalue weighted by molar-refractivity contribution is 6.58. The van der Waals surface area contributed by atoms with Gasteiger partial charge in [0.15, 0.2) is 0 Å². The molecule has 1 fully saturated rings. The van der Waals surface area contributed by atoms with Gasteiger partial charge in [-0.1, -0.05) is 0 Å².